The van der Waals surface area contributed by atoms with Crippen LogP contribution >= 0.6 is 0 Å². The zero-order valence-corrected chi connectivity index (χ0v) is 10.7. The van der Waals surface area contributed by atoms with Crippen LogP contribution in [0.3, 0.4) is 0 Å². The lowest BCUT2D eigenvalue weighted by molar-refractivity contribution is -0.138. The number of nitrogens with zero attached hydrogens (tertiary/aromatic N) is 1. The Morgan fingerprint density at radius 1 is 1.39 bits per heavy atom. The van der Waals surface area contributed by atoms with Crippen LogP contribution in [0.25, 0.3) is 0 Å². The van der Waals surface area contributed by atoms with E-state index < -0.39 is 5.60 Å². The van der Waals surface area contributed by atoms with Gasteiger partial charge in [-0.25, -0.2) is 0 Å². The van der Waals surface area contributed by atoms with Crippen LogP contribution in [0.4, 0.5) is 11.4 Å². The molecule has 96 valence electrons. The number of hydrogen-bond donors (Lipinski definition) is 1. The molecule has 1 amide bonds. The lowest BCUT2D eigenvalue weighted by atomic mass is 9.86. The highest BCUT2D eigenvalue weighted by Gasteiger charge is 2.52. The van der Waals surface area contributed by atoms with E-state index in [2.05, 4.69) is 10.2 Å². The fraction of sp³-hybridized carbons (Fsp3) is 0.462. The number of benzene rings is 1. The summed E-state index contributed by atoms with van der Waals surface area (Å²) in [6.07, 6.45) is 0.652. The van der Waals surface area contributed by atoms with Crippen molar-refractivity contribution in [3.05, 3.63) is 17.7 Å². The topological polar surface area (TPSA) is 50.8 Å². The first-order valence-electron chi connectivity index (χ1n) is 5.93. The van der Waals surface area contributed by atoms with Gasteiger partial charge in [0.25, 0.3) is 5.91 Å². The van der Waals surface area contributed by atoms with Crippen molar-refractivity contribution in [2.75, 3.05) is 38.0 Å². The lowest BCUT2D eigenvalue weighted by Gasteiger charge is -2.37. The van der Waals surface area contributed by atoms with Gasteiger partial charge in [-0.3, -0.25) is 4.79 Å². The predicted octanol–water partition coefficient (Wildman–Crippen LogP) is 1.33. The molecule has 0 spiro atoms. The number of nitrogens with one attached hydrogen (secondary N) is 1. The van der Waals surface area contributed by atoms with E-state index in [1.807, 2.05) is 19.2 Å². The Bertz CT molecular complexity index is 529. The third-order valence-corrected chi connectivity index (χ3v) is 3.93. The van der Waals surface area contributed by atoms with Gasteiger partial charge in [-0.15, -0.1) is 0 Å². The summed E-state index contributed by atoms with van der Waals surface area (Å²) < 4.78 is 10.9. The Morgan fingerprint density at radius 2 is 2.17 bits per heavy atom. The number of rotatable bonds is 2. The van der Waals surface area contributed by atoms with E-state index >= 15 is 0 Å². The molecule has 1 unspecified atom stereocenters. The fourth-order valence-electron chi connectivity index (χ4n) is 2.90. The third kappa shape index (κ3) is 1.17. The molecule has 0 radical (unpaired) electrons. The average Bonchev–Trinajstić information content (AvgIpc) is 2.69. The minimum atomic E-state index is -0.855. The summed E-state index contributed by atoms with van der Waals surface area (Å²) in [6.45, 7) is 0.792. The van der Waals surface area contributed by atoms with Crippen molar-refractivity contribution in [1.29, 1.82) is 0 Å². The smallest absolute Gasteiger partial charge is 0.261 e. The number of methoxy groups -OCH3 is 2. The van der Waals surface area contributed by atoms with E-state index in [9.17, 15) is 4.79 Å². The highest BCUT2D eigenvalue weighted by atomic mass is 16.5. The molecule has 2 heterocycles. The maximum atomic E-state index is 12.3. The lowest BCUT2D eigenvalue weighted by Crippen LogP contribution is -2.43. The Morgan fingerprint density at radius 3 is 2.83 bits per heavy atom. The molecule has 0 saturated heterocycles. The van der Waals surface area contributed by atoms with Crippen LogP contribution in [0, 0.1) is 0 Å². The summed E-state index contributed by atoms with van der Waals surface area (Å²) >= 11 is 0. The van der Waals surface area contributed by atoms with Crippen molar-refractivity contribution < 1.29 is 14.3 Å². The van der Waals surface area contributed by atoms with Gasteiger partial charge in [0, 0.05) is 38.4 Å². The second-order valence-electron chi connectivity index (χ2n) is 4.69. The monoisotopic (exact) mass is 248 g/mol. The van der Waals surface area contributed by atoms with Gasteiger partial charge in [0.1, 0.15) is 5.75 Å². The molecule has 3 rings (SSSR count). The van der Waals surface area contributed by atoms with Gasteiger partial charge in [-0.2, -0.15) is 0 Å². The van der Waals surface area contributed by atoms with Gasteiger partial charge < -0.3 is 19.7 Å². The number of anilines is 2. The molecule has 0 aromatic heterocycles. The molecule has 0 saturated carbocycles. The fourth-order valence-corrected chi connectivity index (χ4v) is 2.90. The molecule has 18 heavy (non-hydrogen) atoms. The Kier molecular flexibility index (Phi) is 2.28. The molecule has 1 atom stereocenters. The van der Waals surface area contributed by atoms with Gasteiger partial charge in [-0.1, -0.05) is 0 Å². The van der Waals surface area contributed by atoms with Crippen LogP contribution in [-0.2, 0) is 15.1 Å². The highest BCUT2D eigenvalue weighted by Crippen LogP contribution is 2.52. The highest BCUT2D eigenvalue weighted by molar-refractivity contribution is 6.09. The number of carbonyl (C=O) groups excluding carboxylic acids is 1. The summed E-state index contributed by atoms with van der Waals surface area (Å²) in [5, 5.41) is 2.90. The minimum Gasteiger partial charge on any atom is -0.495 e. The number of amides is 1. The Balaban J connectivity index is 2.31. The second-order valence-corrected chi connectivity index (χ2v) is 4.69. The van der Waals surface area contributed by atoms with E-state index in [4.69, 9.17) is 9.47 Å². The van der Waals surface area contributed by atoms with Crippen LogP contribution < -0.4 is 15.0 Å². The van der Waals surface area contributed by atoms with Crippen LogP contribution in [0.2, 0.25) is 0 Å². The average molecular weight is 248 g/mol. The molecule has 5 nitrogen and oxygen atoms in total. The van der Waals surface area contributed by atoms with Crippen LogP contribution in [0.5, 0.6) is 5.75 Å². The van der Waals surface area contributed by atoms with E-state index in [1.165, 1.54) is 0 Å². The quantitative estimate of drug-likeness (QED) is 0.858. The number of hydrogen-bond acceptors (Lipinski definition) is 4. The first-order chi connectivity index (χ1) is 8.64. The standard InChI is InChI=1S/C13H16N2O3/c1-15-7-6-13(18-3)10-8(15)4-5-9(17-2)11(10)14-12(13)16/h4-5H,6-7H2,1-3H3,(H,14,16). The predicted molar refractivity (Wildman–Crippen MR) is 68.2 cm³/mol. The van der Waals surface area contributed by atoms with Gasteiger partial charge in [0.05, 0.1) is 12.8 Å². The summed E-state index contributed by atoms with van der Waals surface area (Å²) in [7, 11) is 5.21. The molecule has 0 fully saturated rings. The van der Waals surface area contributed by atoms with Gasteiger partial charge >= 0.3 is 0 Å². The number of ether oxygens (including phenoxy) is 2. The molecule has 1 aromatic rings. The molecule has 2 aliphatic rings. The first-order valence-corrected chi connectivity index (χ1v) is 5.93. The van der Waals surface area contributed by atoms with Gasteiger partial charge in [-0.05, 0) is 12.1 Å². The zero-order chi connectivity index (χ0) is 12.9. The van der Waals surface area contributed by atoms with Crippen LogP contribution in [0.15, 0.2) is 12.1 Å². The largest absolute Gasteiger partial charge is 0.495 e. The van der Waals surface area contributed by atoms with Crippen LogP contribution in [0.1, 0.15) is 12.0 Å². The van der Waals surface area contributed by atoms with Crippen LogP contribution in [-0.4, -0.2) is 33.7 Å². The van der Waals surface area contributed by atoms with E-state index in [0.717, 1.165) is 23.5 Å². The molecule has 0 aliphatic carbocycles. The van der Waals surface area contributed by atoms with Crippen molar-refractivity contribution in [1.82, 2.24) is 0 Å². The second kappa shape index (κ2) is 3.62. The molecular formula is C13H16N2O3. The first kappa shape index (κ1) is 11.3. The minimum absolute atomic E-state index is 0.0983. The summed E-state index contributed by atoms with van der Waals surface area (Å²) in [5.41, 5.74) is 1.82. The third-order valence-electron chi connectivity index (χ3n) is 3.93. The molecular weight excluding hydrogens is 232 g/mol. The van der Waals surface area contributed by atoms with E-state index in [0.29, 0.717) is 12.2 Å². The van der Waals surface area contributed by atoms with Crippen molar-refractivity contribution in [2.24, 2.45) is 0 Å². The summed E-state index contributed by atoms with van der Waals surface area (Å²) in [6, 6.07) is 3.85. The maximum absolute atomic E-state index is 12.3. The summed E-state index contributed by atoms with van der Waals surface area (Å²) in [4.78, 5) is 14.4. The normalized spacial score (nSPS) is 24.8. The molecule has 2 aliphatic heterocycles. The maximum Gasteiger partial charge on any atom is 0.261 e. The number of carbonyl (C=O) groups is 1. The molecule has 1 aromatic carbocycles. The van der Waals surface area contributed by atoms with E-state index in [1.54, 1.807) is 14.2 Å². The zero-order valence-electron chi connectivity index (χ0n) is 10.7. The van der Waals surface area contributed by atoms with Crippen molar-refractivity contribution in [3.8, 4) is 5.75 Å². The molecule has 1 N–H and O–H groups in total. The van der Waals surface area contributed by atoms with Gasteiger partial charge in [0.15, 0.2) is 5.60 Å². The van der Waals surface area contributed by atoms with E-state index in [-0.39, 0.29) is 5.91 Å². The molecule has 0 bridgehead atoms. The molecule has 5 heteroatoms. The van der Waals surface area contributed by atoms with Crippen molar-refractivity contribution >= 4 is 17.3 Å². The van der Waals surface area contributed by atoms with Crippen molar-refractivity contribution in [2.45, 2.75) is 12.0 Å². The Labute approximate surface area is 106 Å². The van der Waals surface area contributed by atoms with Gasteiger partial charge in [0.2, 0.25) is 0 Å². The summed E-state index contributed by atoms with van der Waals surface area (Å²) in [5.74, 6) is 0.579. The van der Waals surface area contributed by atoms with Crippen molar-refractivity contribution in [3.63, 3.8) is 0 Å². The SMILES string of the molecule is COc1ccc2c3c1NC(=O)C3(OC)CCN2C. The Hall–Kier alpha value is -1.75.